The van der Waals surface area contributed by atoms with Gasteiger partial charge in [-0.25, -0.2) is 0 Å². The molecule has 0 aromatic carbocycles. The standard InChI is InChI=1S/C9H15N3OS/c1-6-3-4-7(13-6)9-12-11-8(14-9)5-10-2/h6-7,10H,3-5H2,1-2H3. The summed E-state index contributed by atoms with van der Waals surface area (Å²) in [6.07, 6.45) is 2.77. The summed E-state index contributed by atoms with van der Waals surface area (Å²) in [4.78, 5) is 0. The van der Waals surface area contributed by atoms with Crippen LogP contribution in [-0.4, -0.2) is 23.3 Å². The first-order chi connectivity index (χ1) is 6.79. The van der Waals surface area contributed by atoms with Crippen molar-refractivity contribution in [2.45, 2.75) is 38.5 Å². The van der Waals surface area contributed by atoms with E-state index in [1.165, 1.54) is 0 Å². The highest BCUT2D eigenvalue weighted by molar-refractivity contribution is 7.11. The summed E-state index contributed by atoms with van der Waals surface area (Å²) >= 11 is 1.65. The van der Waals surface area contributed by atoms with Gasteiger partial charge in [0, 0.05) is 6.54 Å². The minimum absolute atomic E-state index is 0.188. The molecule has 0 radical (unpaired) electrons. The van der Waals surface area contributed by atoms with Gasteiger partial charge in [-0.05, 0) is 26.8 Å². The van der Waals surface area contributed by atoms with Gasteiger partial charge < -0.3 is 10.1 Å². The van der Waals surface area contributed by atoms with Crippen molar-refractivity contribution in [2.24, 2.45) is 0 Å². The van der Waals surface area contributed by atoms with Gasteiger partial charge in [-0.1, -0.05) is 11.3 Å². The molecular weight excluding hydrogens is 198 g/mol. The lowest BCUT2D eigenvalue weighted by Crippen LogP contribution is -2.04. The SMILES string of the molecule is CNCc1nnc(C2CCC(C)O2)s1. The topological polar surface area (TPSA) is 47.0 Å². The van der Waals surface area contributed by atoms with Gasteiger partial charge in [0.2, 0.25) is 0 Å². The van der Waals surface area contributed by atoms with Crippen molar-refractivity contribution < 1.29 is 4.74 Å². The van der Waals surface area contributed by atoms with Crippen molar-refractivity contribution >= 4 is 11.3 Å². The lowest BCUT2D eigenvalue weighted by molar-refractivity contribution is 0.0550. The van der Waals surface area contributed by atoms with Crippen LogP contribution < -0.4 is 5.32 Å². The van der Waals surface area contributed by atoms with E-state index in [-0.39, 0.29) is 6.10 Å². The van der Waals surface area contributed by atoms with Crippen molar-refractivity contribution in [1.82, 2.24) is 15.5 Å². The van der Waals surface area contributed by atoms with Crippen molar-refractivity contribution in [1.29, 1.82) is 0 Å². The van der Waals surface area contributed by atoms with E-state index in [4.69, 9.17) is 4.74 Å². The second kappa shape index (κ2) is 4.33. The molecule has 1 saturated heterocycles. The number of ether oxygens (including phenoxy) is 1. The Bertz CT molecular complexity index is 302. The lowest BCUT2D eigenvalue weighted by Gasteiger charge is -2.05. The first-order valence-corrected chi connectivity index (χ1v) is 5.73. The van der Waals surface area contributed by atoms with Gasteiger partial charge in [0.25, 0.3) is 0 Å². The van der Waals surface area contributed by atoms with Crippen LogP contribution in [0.3, 0.4) is 0 Å². The number of aromatic nitrogens is 2. The van der Waals surface area contributed by atoms with Gasteiger partial charge in [-0.3, -0.25) is 0 Å². The fourth-order valence-corrected chi connectivity index (χ4v) is 2.53. The minimum atomic E-state index is 0.188. The van der Waals surface area contributed by atoms with Crippen LogP contribution in [0.4, 0.5) is 0 Å². The molecule has 1 aromatic heterocycles. The van der Waals surface area contributed by atoms with E-state index in [0.717, 1.165) is 29.4 Å². The third-order valence-corrected chi connectivity index (χ3v) is 3.33. The number of nitrogens with zero attached hydrogens (tertiary/aromatic N) is 2. The second-order valence-corrected chi connectivity index (χ2v) is 4.67. The predicted molar refractivity (Wildman–Crippen MR) is 55.2 cm³/mol. The normalized spacial score (nSPS) is 27.0. The maximum absolute atomic E-state index is 5.73. The highest BCUT2D eigenvalue weighted by Gasteiger charge is 2.26. The Balaban J connectivity index is 2.02. The van der Waals surface area contributed by atoms with Gasteiger partial charge >= 0.3 is 0 Å². The maximum Gasteiger partial charge on any atom is 0.146 e. The maximum atomic E-state index is 5.73. The molecule has 0 aliphatic carbocycles. The van der Waals surface area contributed by atoms with E-state index >= 15 is 0 Å². The largest absolute Gasteiger partial charge is 0.368 e. The molecule has 2 atom stereocenters. The summed E-state index contributed by atoms with van der Waals surface area (Å²) in [5, 5.41) is 13.4. The van der Waals surface area contributed by atoms with Gasteiger partial charge in [-0.15, -0.1) is 10.2 Å². The molecule has 0 saturated carbocycles. The summed E-state index contributed by atoms with van der Waals surface area (Å²) in [7, 11) is 1.91. The molecule has 2 rings (SSSR count). The Labute approximate surface area is 87.7 Å². The van der Waals surface area contributed by atoms with Crippen LogP contribution in [0, 0.1) is 0 Å². The molecule has 1 aromatic rings. The molecule has 1 aliphatic heterocycles. The molecule has 1 fully saturated rings. The fourth-order valence-electron chi connectivity index (χ4n) is 1.60. The molecule has 2 unspecified atom stereocenters. The molecule has 0 amide bonds. The Morgan fingerprint density at radius 2 is 2.36 bits per heavy atom. The van der Waals surface area contributed by atoms with Gasteiger partial charge in [0.1, 0.15) is 16.1 Å². The molecular formula is C9H15N3OS. The zero-order chi connectivity index (χ0) is 9.97. The first kappa shape index (κ1) is 10.0. The van der Waals surface area contributed by atoms with E-state index in [0.29, 0.717) is 6.10 Å². The second-order valence-electron chi connectivity index (χ2n) is 3.58. The van der Waals surface area contributed by atoms with E-state index in [9.17, 15) is 0 Å². The Morgan fingerprint density at radius 3 is 3.00 bits per heavy atom. The van der Waals surface area contributed by atoms with Crippen LogP contribution in [0.2, 0.25) is 0 Å². The third kappa shape index (κ3) is 2.10. The molecule has 1 N–H and O–H groups in total. The van der Waals surface area contributed by atoms with E-state index in [2.05, 4.69) is 22.4 Å². The molecule has 2 heterocycles. The van der Waals surface area contributed by atoms with Crippen LogP contribution >= 0.6 is 11.3 Å². The number of hydrogen-bond donors (Lipinski definition) is 1. The molecule has 78 valence electrons. The van der Waals surface area contributed by atoms with Crippen molar-refractivity contribution in [2.75, 3.05) is 7.05 Å². The predicted octanol–water partition coefficient (Wildman–Crippen LogP) is 1.50. The molecule has 1 aliphatic rings. The summed E-state index contributed by atoms with van der Waals surface area (Å²) in [6, 6.07) is 0. The molecule has 0 bridgehead atoms. The van der Waals surface area contributed by atoms with Crippen LogP contribution in [0.5, 0.6) is 0 Å². The Kier molecular flexibility index (Phi) is 3.10. The first-order valence-electron chi connectivity index (χ1n) is 4.92. The van der Waals surface area contributed by atoms with Crippen molar-refractivity contribution in [3.63, 3.8) is 0 Å². The quantitative estimate of drug-likeness (QED) is 0.826. The fraction of sp³-hybridized carbons (Fsp3) is 0.778. The van der Waals surface area contributed by atoms with Gasteiger partial charge in [0.05, 0.1) is 6.10 Å². The van der Waals surface area contributed by atoms with Crippen molar-refractivity contribution in [3.8, 4) is 0 Å². The lowest BCUT2D eigenvalue weighted by atomic mass is 10.2. The molecule has 0 spiro atoms. The number of nitrogens with one attached hydrogen (secondary N) is 1. The zero-order valence-corrected chi connectivity index (χ0v) is 9.30. The number of rotatable bonds is 3. The van der Waals surface area contributed by atoms with Gasteiger partial charge in [-0.2, -0.15) is 0 Å². The summed E-state index contributed by atoms with van der Waals surface area (Å²) in [6.45, 7) is 2.90. The average molecular weight is 213 g/mol. The Hall–Kier alpha value is -0.520. The van der Waals surface area contributed by atoms with E-state index in [1.807, 2.05) is 7.05 Å². The zero-order valence-electron chi connectivity index (χ0n) is 8.49. The third-order valence-electron chi connectivity index (χ3n) is 2.32. The Morgan fingerprint density at radius 1 is 1.50 bits per heavy atom. The van der Waals surface area contributed by atoms with Crippen LogP contribution in [0.15, 0.2) is 0 Å². The van der Waals surface area contributed by atoms with Crippen LogP contribution in [0.25, 0.3) is 0 Å². The molecule has 14 heavy (non-hydrogen) atoms. The molecule has 4 nitrogen and oxygen atoms in total. The van der Waals surface area contributed by atoms with Crippen molar-refractivity contribution in [3.05, 3.63) is 10.0 Å². The summed E-state index contributed by atoms with van der Waals surface area (Å²) in [5.74, 6) is 0. The highest BCUT2D eigenvalue weighted by atomic mass is 32.1. The monoisotopic (exact) mass is 213 g/mol. The molecule has 5 heteroatoms. The summed E-state index contributed by atoms with van der Waals surface area (Å²) < 4.78 is 5.73. The highest BCUT2D eigenvalue weighted by Crippen LogP contribution is 2.33. The van der Waals surface area contributed by atoms with E-state index in [1.54, 1.807) is 11.3 Å². The number of hydrogen-bond acceptors (Lipinski definition) is 5. The van der Waals surface area contributed by atoms with Crippen LogP contribution in [0.1, 0.15) is 35.9 Å². The van der Waals surface area contributed by atoms with Gasteiger partial charge in [0.15, 0.2) is 0 Å². The smallest absolute Gasteiger partial charge is 0.146 e. The van der Waals surface area contributed by atoms with Crippen LogP contribution in [-0.2, 0) is 11.3 Å². The summed E-state index contributed by atoms with van der Waals surface area (Å²) in [5.41, 5.74) is 0. The minimum Gasteiger partial charge on any atom is -0.368 e. The average Bonchev–Trinajstić information content (AvgIpc) is 2.74. The van der Waals surface area contributed by atoms with E-state index < -0.39 is 0 Å².